The fourth-order valence-corrected chi connectivity index (χ4v) is 4.84. The van der Waals surface area contributed by atoms with E-state index in [1.807, 2.05) is 4.57 Å². The predicted molar refractivity (Wildman–Crippen MR) is 135 cm³/mol. The molecular weight excluding hydrogens is 538 g/mol. The van der Waals surface area contributed by atoms with Gasteiger partial charge in [0.15, 0.2) is 0 Å². The summed E-state index contributed by atoms with van der Waals surface area (Å²) in [5, 5.41) is 13.2. The van der Waals surface area contributed by atoms with Gasteiger partial charge in [-0.3, -0.25) is 9.36 Å². The number of benzene rings is 1. The van der Waals surface area contributed by atoms with E-state index >= 15 is 0 Å². The zero-order valence-electron chi connectivity index (χ0n) is 19.3. The topological polar surface area (TPSA) is 113 Å². The van der Waals surface area contributed by atoms with Crippen LogP contribution in [0, 0.1) is 0 Å². The normalized spacial score (nSPS) is 12.9. The zero-order valence-corrected chi connectivity index (χ0v) is 21.6. The Kier molecular flexibility index (Phi) is 6.70. The molecule has 182 valence electrons. The van der Waals surface area contributed by atoms with Crippen molar-refractivity contribution in [2.24, 2.45) is 4.99 Å². The molecule has 1 aliphatic heterocycles. The summed E-state index contributed by atoms with van der Waals surface area (Å²) >= 11 is 9.79. The molecule has 3 aromatic heterocycles. The van der Waals surface area contributed by atoms with Crippen molar-refractivity contribution in [1.82, 2.24) is 29.3 Å². The van der Waals surface area contributed by atoms with E-state index in [4.69, 9.17) is 20.9 Å². The van der Waals surface area contributed by atoms with Crippen LogP contribution in [0.2, 0.25) is 5.02 Å². The highest BCUT2D eigenvalue weighted by molar-refractivity contribution is 9.18. The molecule has 0 spiro atoms. The molecule has 0 fully saturated rings. The van der Waals surface area contributed by atoms with E-state index in [9.17, 15) is 4.79 Å². The Morgan fingerprint density at radius 1 is 1.23 bits per heavy atom. The Labute approximate surface area is 214 Å². The minimum absolute atomic E-state index is 0.142. The molecule has 0 unspecified atom stereocenters. The second kappa shape index (κ2) is 9.90. The van der Waals surface area contributed by atoms with E-state index in [1.165, 1.54) is 0 Å². The van der Waals surface area contributed by atoms with Gasteiger partial charge in [0.2, 0.25) is 17.5 Å². The van der Waals surface area contributed by atoms with Crippen LogP contribution in [0.5, 0.6) is 5.75 Å². The summed E-state index contributed by atoms with van der Waals surface area (Å²) in [7, 11) is 1.58. The first kappa shape index (κ1) is 23.7. The fraction of sp³-hybridized carbons (Fsp3) is 0.391. The second-order valence-electron chi connectivity index (χ2n) is 8.24. The summed E-state index contributed by atoms with van der Waals surface area (Å²) in [5.74, 6) is 3.16. The van der Waals surface area contributed by atoms with Gasteiger partial charge in [0.25, 0.3) is 5.56 Å². The van der Waals surface area contributed by atoms with Gasteiger partial charge in [-0.15, -0.1) is 10.2 Å². The molecule has 0 radical (unpaired) electrons. The van der Waals surface area contributed by atoms with E-state index in [-0.39, 0.29) is 5.56 Å². The molecular formula is C23H23BrClN7O3. The maximum Gasteiger partial charge on any atom is 0.266 e. The highest BCUT2D eigenvalue weighted by Gasteiger charge is 2.25. The number of fused-ring (bicyclic) bond motifs is 2. The average molecular weight is 561 g/mol. The molecule has 0 saturated heterocycles. The number of nitrogens with zero attached hydrogens (tertiary/aromatic N) is 7. The molecule has 1 aliphatic rings. The van der Waals surface area contributed by atoms with Crippen LogP contribution in [0.25, 0.3) is 17.2 Å². The van der Waals surface area contributed by atoms with Gasteiger partial charge in [-0.25, -0.2) is 9.39 Å². The van der Waals surface area contributed by atoms with E-state index in [1.54, 1.807) is 29.7 Å². The first-order chi connectivity index (χ1) is 17.0. The molecule has 4 aromatic rings. The second-order valence-corrected chi connectivity index (χ2v) is 9.56. The van der Waals surface area contributed by atoms with Crippen LogP contribution in [-0.2, 0) is 25.8 Å². The van der Waals surface area contributed by atoms with E-state index < -0.39 is 0 Å². The van der Waals surface area contributed by atoms with Crippen molar-refractivity contribution < 1.29 is 9.26 Å². The highest BCUT2D eigenvalue weighted by Crippen LogP contribution is 2.30. The summed E-state index contributed by atoms with van der Waals surface area (Å²) in [4.78, 5) is 22.3. The molecule has 35 heavy (non-hydrogen) atoms. The Morgan fingerprint density at radius 2 is 2.09 bits per heavy atom. The number of aromatic nitrogens is 6. The van der Waals surface area contributed by atoms with Gasteiger partial charge in [-0.1, -0.05) is 36.5 Å². The Bertz CT molecular complexity index is 1490. The Morgan fingerprint density at radius 3 is 2.86 bits per heavy atom. The number of unbranched alkanes of at least 4 members (excludes halogenated alkanes) is 2. The molecule has 12 heteroatoms. The van der Waals surface area contributed by atoms with Gasteiger partial charge in [-0.2, -0.15) is 4.98 Å². The molecule has 10 nitrogen and oxygen atoms in total. The largest absolute Gasteiger partial charge is 0.497 e. The lowest BCUT2D eigenvalue weighted by atomic mass is 10.2. The summed E-state index contributed by atoms with van der Waals surface area (Å²) in [6.45, 7) is 2.87. The Balaban J connectivity index is 1.42. The number of aliphatic imine (C=N–C) groups is 1. The molecule has 0 amide bonds. The van der Waals surface area contributed by atoms with E-state index in [2.05, 4.69) is 48.2 Å². The number of hydrogen-bond donors (Lipinski definition) is 0. The van der Waals surface area contributed by atoms with Crippen molar-refractivity contribution in [2.75, 3.05) is 7.11 Å². The van der Waals surface area contributed by atoms with Crippen molar-refractivity contribution in [1.29, 1.82) is 0 Å². The van der Waals surface area contributed by atoms with Crippen LogP contribution in [-0.4, -0.2) is 41.0 Å². The van der Waals surface area contributed by atoms with Crippen LogP contribution in [0.1, 0.15) is 43.5 Å². The smallest absolute Gasteiger partial charge is 0.266 e. The monoisotopic (exact) mass is 559 g/mol. The standard InChI is InChI=1S/C23H23BrClN7O3/c1-3-4-5-10-31-21-15(12-17(24)26-21)22(33)32-18(28-29-23(31)32)8-9-19-27-20(30-35-19)14-7-6-13(34-2)11-16(14)25/h6-7,11H,3-5,8-10,12H2,1-2H3. The lowest BCUT2D eigenvalue weighted by molar-refractivity contribution is 0.378. The first-order valence-corrected chi connectivity index (χ1v) is 12.6. The molecule has 0 N–H and O–H groups in total. The summed E-state index contributed by atoms with van der Waals surface area (Å²) in [5.41, 5.74) is 1.15. The molecule has 1 aromatic carbocycles. The van der Waals surface area contributed by atoms with Gasteiger partial charge in [0, 0.05) is 31.4 Å². The molecule has 0 atom stereocenters. The van der Waals surface area contributed by atoms with Crippen molar-refractivity contribution in [3.05, 3.63) is 50.9 Å². The minimum Gasteiger partial charge on any atom is -0.497 e. The maximum atomic E-state index is 13.3. The van der Waals surface area contributed by atoms with Crippen molar-refractivity contribution in [3.8, 4) is 17.1 Å². The molecule has 0 aliphatic carbocycles. The minimum atomic E-state index is -0.142. The number of hydrogen-bond acceptors (Lipinski definition) is 8. The van der Waals surface area contributed by atoms with Gasteiger partial charge >= 0.3 is 0 Å². The van der Waals surface area contributed by atoms with Gasteiger partial charge in [0.1, 0.15) is 17.4 Å². The fourth-order valence-electron chi connectivity index (χ4n) is 4.14. The third-order valence-electron chi connectivity index (χ3n) is 5.92. The summed E-state index contributed by atoms with van der Waals surface area (Å²) in [6.07, 6.45) is 4.41. The third-order valence-corrected chi connectivity index (χ3v) is 6.69. The number of aryl methyl sites for hydroxylation is 3. The number of ether oxygens (including phenoxy) is 1. The van der Waals surface area contributed by atoms with Gasteiger partial charge in [0.05, 0.1) is 22.3 Å². The predicted octanol–water partition coefficient (Wildman–Crippen LogP) is 4.56. The van der Waals surface area contributed by atoms with Crippen LogP contribution < -0.4 is 10.3 Å². The molecule has 4 heterocycles. The average Bonchev–Trinajstić information content (AvgIpc) is 3.58. The number of halogens is 2. The van der Waals surface area contributed by atoms with Gasteiger partial charge in [-0.05, 0) is 40.5 Å². The SMILES string of the molecule is CCCCCn1c2c(c(=O)n3c(CCc4nc(-c5ccc(OC)cc5Cl)no4)nnc13)CC(Br)=N2. The summed E-state index contributed by atoms with van der Waals surface area (Å²) in [6, 6.07) is 5.26. The molecule has 0 bridgehead atoms. The molecule has 5 rings (SSSR count). The first-order valence-electron chi connectivity index (χ1n) is 11.4. The molecule has 0 saturated carbocycles. The van der Waals surface area contributed by atoms with Crippen molar-refractivity contribution >= 4 is 43.7 Å². The third kappa shape index (κ3) is 4.50. The lowest BCUT2D eigenvalue weighted by Gasteiger charge is -2.12. The van der Waals surface area contributed by atoms with Gasteiger partial charge < -0.3 is 9.26 Å². The van der Waals surface area contributed by atoms with Crippen LogP contribution in [0.15, 0.2) is 32.5 Å². The number of methoxy groups -OCH3 is 1. The lowest BCUT2D eigenvalue weighted by Crippen LogP contribution is -2.24. The van der Waals surface area contributed by atoms with Crippen molar-refractivity contribution in [3.63, 3.8) is 0 Å². The maximum absolute atomic E-state index is 13.3. The number of rotatable bonds is 9. The van der Waals surface area contributed by atoms with Crippen LogP contribution in [0.3, 0.4) is 0 Å². The zero-order chi connectivity index (χ0) is 24.5. The Hall–Kier alpha value is -3.05. The quantitative estimate of drug-likeness (QED) is 0.276. The van der Waals surface area contributed by atoms with Crippen LogP contribution >= 0.6 is 27.5 Å². The van der Waals surface area contributed by atoms with E-state index in [0.29, 0.717) is 70.3 Å². The van der Waals surface area contributed by atoms with Crippen LogP contribution in [0.4, 0.5) is 5.82 Å². The highest BCUT2D eigenvalue weighted by atomic mass is 79.9. The van der Waals surface area contributed by atoms with Crippen molar-refractivity contribution in [2.45, 2.75) is 52.0 Å². The van der Waals surface area contributed by atoms with E-state index in [0.717, 1.165) is 30.4 Å². The summed E-state index contributed by atoms with van der Waals surface area (Å²) < 4.78 is 14.9.